The second-order valence-corrected chi connectivity index (χ2v) is 11.1. The fraction of sp³-hybridized carbons (Fsp3) is 0.500. The van der Waals surface area contributed by atoms with Crippen molar-refractivity contribution in [2.24, 2.45) is 0 Å². The normalized spacial score (nSPS) is 23.2. The van der Waals surface area contributed by atoms with Crippen LogP contribution in [0.1, 0.15) is 42.8 Å². The molecule has 1 aromatic heterocycles. The number of benzene rings is 1. The first-order valence-electron chi connectivity index (χ1n) is 10.7. The maximum atomic E-state index is 13.5. The molecule has 2 saturated heterocycles. The third kappa shape index (κ3) is 4.36. The highest BCUT2D eigenvalue weighted by Crippen LogP contribution is 2.33. The van der Waals surface area contributed by atoms with Crippen LogP contribution in [0.25, 0.3) is 0 Å². The number of piperidine rings is 1. The van der Waals surface area contributed by atoms with Gasteiger partial charge in [0.15, 0.2) is 0 Å². The van der Waals surface area contributed by atoms with Gasteiger partial charge in [-0.25, -0.2) is 12.8 Å². The number of anilines is 1. The number of hydrogen-bond donors (Lipinski definition) is 0. The molecular weight excluding hydrogens is 437 g/mol. The molecule has 0 N–H and O–H groups in total. The van der Waals surface area contributed by atoms with E-state index in [1.54, 1.807) is 32.8 Å². The third-order valence-corrected chi connectivity index (χ3v) is 9.45. The predicted octanol–water partition coefficient (Wildman–Crippen LogP) is 3.80. The van der Waals surface area contributed by atoms with Crippen molar-refractivity contribution in [3.8, 4) is 0 Å². The Kier molecular flexibility index (Phi) is 6.37. The molecule has 6 nitrogen and oxygen atoms in total. The van der Waals surface area contributed by atoms with Gasteiger partial charge in [0.25, 0.3) is 5.91 Å². The highest BCUT2D eigenvalue weighted by atomic mass is 32.2. The van der Waals surface area contributed by atoms with Gasteiger partial charge in [-0.15, -0.1) is 11.3 Å². The van der Waals surface area contributed by atoms with Crippen LogP contribution in [0.3, 0.4) is 0 Å². The molecule has 2 aliphatic rings. The summed E-state index contributed by atoms with van der Waals surface area (Å²) in [6, 6.07) is 7.74. The lowest BCUT2D eigenvalue weighted by Crippen LogP contribution is -2.49. The molecule has 3 heterocycles. The number of thiophene rings is 1. The first-order valence-corrected chi connectivity index (χ1v) is 13.0. The second-order valence-electron chi connectivity index (χ2n) is 8.33. The number of hydrogen-bond acceptors (Lipinski definition) is 5. The zero-order valence-corrected chi connectivity index (χ0v) is 19.5. The summed E-state index contributed by atoms with van der Waals surface area (Å²) in [6.07, 6.45) is 2.69. The average Bonchev–Trinajstić information content (AvgIpc) is 3.25. The first-order chi connectivity index (χ1) is 14.8. The summed E-state index contributed by atoms with van der Waals surface area (Å²) < 4.78 is 41.7. The van der Waals surface area contributed by atoms with Crippen molar-refractivity contribution in [1.82, 2.24) is 9.21 Å². The molecule has 168 valence electrons. The Morgan fingerprint density at radius 3 is 2.23 bits per heavy atom. The van der Waals surface area contributed by atoms with Gasteiger partial charge in [0, 0.05) is 44.0 Å². The number of carbonyl (C=O) groups excluding carboxylic acids is 1. The highest BCUT2D eigenvalue weighted by molar-refractivity contribution is 7.89. The van der Waals surface area contributed by atoms with Crippen molar-refractivity contribution in [2.45, 2.75) is 50.1 Å². The topological polar surface area (TPSA) is 60.9 Å². The van der Waals surface area contributed by atoms with Gasteiger partial charge in [0.1, 0.15) is 15.6 Å². The minimum absolute atomic E-state index is 0.0733. The number of sulfonamides is 1. The molecule has 9 heteroatoms. The average molecular weight is 466 g/mol. The van der Waals surface area contributed by atoms with Crippen LogP contribution >= 0.6 is 11.3 Å². The molecule has 0 spiro atoms. The van der Waals surface area contributed by atoms with Crippen molar-refractivity contribution in [1.29, 1.82) is 0 Å². The number of carbonyl (C=O) groups is 1. The van der Waals surface area contributed by atoms with E-state index in [-0.39, 0.29) is 28.7 Å². The summed E-state index contributed by atoms with van der Waals surface area (Å²) in [5.74, 6) is -0.508. The van der Waals surface area contributed by atoms with E-state index in [2.05, 4.69) is 4.90 Å². The fourth-order valence-electron chi connectivity index (χ4n) is 4.60. The minimum Gasteiger partial charge on any atom is -0.368 e. The highest BCUT2D eigenvalue weighted by Gasteiger charge is 2.39. The van der Waals surface area contributed by atoms with Crippen LogP contribution in [-0.4, -0.2) is 61.8 Å². The number of piperazine rings is 1. The largest absolute Gasteiger partial charge is 0.368 e. The summed E-state index contributed by atoms with van der Waals surface area (Å²) >= 11 is 1.19. The van der Waals surface area contributed by atoms with Gasteiger partial charge in [-0.2, -0.15) is 4.31 Å². The molecule has 0 bridgehead atoms. The van der Waals surface area contributed by atoms with Gasteiger partial charge in [-0.05, 0) is 62.4 Å². The van der Waals surface area contributed by atoms with Gasteiger partial charge < -0.3 is 9.80 Å². The molecule has 0 aliphatic carbocycles. The molecule has 2 aliphatic heterocycles. The third-order valence-electron chi connectivity index (χ3n) is 6.25. The summed E-state index contributed by atoms with van der Waals surface area (Å²) in [6.45, 7) is 6.09. The van der Waals surface area contributed by atoms with Gasteiger partial charge in [-0.3, -0.25) is 4.79 Å². The number of halogens is 1. The molecule has 4 rings (SSSR count). The maximum absolute atomic E-state index is 13.5. The zero-order chi connectivity index (χ0) is 22.2. The van der Waals surface area contributed by atoms with E-state index < -0.39 is 10.0 Å². The molecule has 1 aromatic carbocycles. The number of rotatable bonds is 4. The van der Waals surface area contributed by atoms with Gasteiger partial charge in [0.05, 0.1) is 0 Å². The van der Waals surface area contributed by atoms with Crippen LogP contribution in [0.2, 0.25) is 0 Å². The van der Waals surface area contributed by atoms with Crippen molar-refractivity contribution < 1.29 is 17.6 Å². The van der Waals surface area contributed by atoms with E-state index in [9.17, 15) is 17.6 Å². The zero-order valence-electron chi connectivity index (χ0n) is 17.8. The fourth-order valence-corrected chi connectivity index (χ4v) is 7.85. The van der Waals surface area contributed by atoms with E-state index in [0.29, 0.717) is 31.1 Å². The number of nitrogens with zero attached hydrogens (tertiary/aromatic N) is 3. The van der Waals surface area contributed by atoms with E-state index in [1.165, 1.54) is 23.5 Å². The summed E-state index contributed by atoms with van der Waals surface area (Å²) in [5.41, 5.74) is 0.918. The SMILES string of the molecule is C[C@H]1CCC[C@H](C)N1S(=O)(=O)c1ccsc1C(=O)N1CCN(c2ccc(F)cc2)CC1. The Balaban J connectivity index is 1.50. The minimum atomic E-state index is -3.74. The van der Waals surface area contributed by atoms with E-state index >= 15 is 0 Å². The van der Waals surface area contributed by atoms with Crippen LogP contribution < -0.4 is 4.90 Å². The molecule has 2 atom stereocenters. The summed E-state index contributed by atoms with van der Waals surface area (Å²) in [5, 5.41) is 1.69. The molecule has 2 fully saturated rings. The van der Waals surface area contributed by atoms with E-state index in [0.717, 1.165) is 24.9 Å². The monoisotopic (exact) mass is 465 g/mol. The standard InChI is InChI=1S/C22H28FN3O3S2/c1-16-4-3-5-17(2)26(16)31(28,29)20-10-15-30-21(20)22(27)25-13-11-24(12-14-25)19-8-6-18(23)7-9-19/h6-10,15-17H,3-5,11-14H2,1-2H3/t16-,17-/m0/s1. The van der Waals surface area contributed by atoms with Gasteiger partial charge >= 0.3 is 0 Å². The van der Waals surface area contributed by atoms with E-state index in [4.69, 9.17) is 0 Å². The van der Waals surface area contributed by atoms with Crippen molar-refractivity contribution in [2.75, 3.05) is 31.1 Å². The Bertz CT molecular complexity index is 1020. The maximum Gasteiger partial charge on any atom is 0.265 e. The molecule has 1 amide bonds. The Labute approximate surface area is 187 Å². The first kappa shape index (κ1) is 22.2. The lowest BCUT2D eigenvalue weighted by atomic mass is 10.0. The predicted molar refractivity (Wildman–Crippen MR) is 121 cm³/mol. The molecule has 0 radical (unpaired) electrons. The van der Waals surface area contributed by atoms with Crippen LogP contribution in [0.5, 0.6) is 0 Å². The van der Waals surface area contributed by atoms with Crippen molar-refractivity contribution in [3.63, 3.8) is 0 Å². The van der Waals surface area contributed by atoms with Crippen LogP contribution in [0.15, 0.2) is 40.6 Å². The lowest BCUT2D eigenvalue weighted by Gasteiger charge is -2.38. The molecule has 0 unspecified atom stereocenters. The van der Waals surface area contributed by atoms with Gasteiger partial charge in [-0.1, -0.05) is 6.42 Å². The van der Waals surface area contributed by atoms with Crippen LogP contribution in [0.4, 0.5) is 10.1 Å². The van der Waals surface area contributed by atoms with Crippen molar-refractivity contribution >= 4 is 33.0 Å². The summed E-state index contributed by atoms with van der Waals surface area (Å²) in [7, 11) is -3.74. The Hall–Kier alpha value is -1.97. The van der Waals surface area contributed by atoms with Crippen LogP contribution in [0, 0.1) is 5.82 Å². The molecule has 2 aromatic rings. The molecule has 31 heavy (non-hydrogen) atoms. The molecule has 0 saturated carbocycles. The summed E-state index contributed by atoms with van der Waals surface area (Å²) in [4.78, 5) is 17.5. The second kappa shape index (κ2) is 8.88. The smallest absolute Gasteiger partial charge is 0.265 e. The van der Waals surface area contributed by atoms with Crippen molar-refractivity contribution in [3.05, 3.63) is 46.4 Å². The Morgan fingerprint density at radius 1 is 1.00 bits per heavy atom. The lowest BCUT2D eigenvalue weighted by molar-refractivity contribution is 0.0747. The number of amides is 1. The van der Waals surface area contributed by atoms with Gasteiger partial charge in [0.2, 0.25) is 10.0 Å². The van der Waals surface area contributed by atoms with E-state index in [1.807, 2.05) is 13.8 Å². The molecular formula is C22H28FN3O3S2. The quantitative estimate of drug-likeness (QED) is 0.689. The van der Waals surface area contributed by atoms with Crippen LogP contribution in [-0.2, 0) is 10.0 Å². The Morgan fingerprint density at radius 2 is 1.61 bits per heavy atom.